The third-order valence-electron chi connectivity index (χ3n) is 2.21. The van der Waals surface area contributed by atoms with E-state index in [2.05, 4.69) is 10.3 Å². The Morgan fingerprint density at radius 2 is 1.89 bits per heavy atom. The molecule has 1 N–H and O–H groups in total. The number of halogens is 4. The third-order valence-corrected chi connectivity index (χ3v) is 2.47. The maximum atomic E-state index is 12.7. The number of amides is 1. The van der Waals surface area contributed by atoms with E-state index in [1.807, 2.05) is 0 Å². The zero-order valence-corrected chi connectivity index (χ0v) is 10.0. The maximum Gasteiger partial charge on any atom is 0.491 e. The molecule has 0 aliphatic heterocycles. The SMILES string of the molecule is O=C(Nc1ccccc1)c1ncc(Cl)n1C(F)(F)F. The zero-order valence-electron chi connectivity index (χ0n) is 9.28. The van der Waals surface area contributed by atoms with Crippen LogP contribution in [0, 0.1) is 0 Å². The molecule has 0 spiro atoms. The number of imidazole rings is 1. The van der Waals surface area contributed by atoms with Crippen LogP contribution in [0.5, 0.6) is 0 Å². The number of carbonyl (C=O) groups is 1. The number of benzene rings is 1. The van der Waals surface area contributed by atoms with Crippen molar-refractivity contribution < 1.29 is 18.0 Å². The summed E-state index contributed by atoms with van der Waals surface area (Å²) in [5.41, 5.74) is 0.361. The number of aromatic nitrogens is 2. The molecule has 0 bridgehead atoms. The van der Waals surface area contributed by atoms with Gasteiger partial charge >= 0.3 is 6.30 Å². The summed E-state index contributed by atoms with van der Waals surface area (Å²) in [6, 6.07) is 8.07. The van der Waals surface area contributed by atoms with E-state index in [9.17, 15) is 18.0 Å². The van der Waals surface area contributed by atoms with Gasteiger partial charge in [-0.3, -0.25) is 4.79 Å². The number of para-hydroxylation sites is 1. The van der Waals surface area contributed by atoms with Crippen molar-refractivity contribution in [3.63, 3.8) is 0 Å². The fourth-order valence-corrected chi connectivity index (χ4v) is 1.67. The smallest absolute Gasteiger partial charge is 0.319 e. The number of nitrogens with zero attached hydrogens (tertiary/aromatic N) is 2. The monoisotopic (exact) mass is 289 g/mol. The summed E-state index contributed by atoms with van der Waals surface area (Å²) in [6.07, 6.45) is -4.04. The van der Waals surface area contributed by atoms with Gasteiger partial charge in [0.2, 0.25) is 5.82 Å². The van der Waals surface area contributed by atoms with Crippen LogP contribution in [-0.4, -0.2) is 15.5 Å². The van der Waals surface area contributed by atoms with Crippen LogP contribution in [0.3, 0.4) is 0 Å². The molecule has 2 rings (SSSR count). The van der Waals surface area contributed by atoms with E-state index in [4.69, 9.17) is 11.6 Å². The van der Waals surface area contributed by atoms with Crippen molar-refractivity contribution in [3.8, 4) is 0 Å². The summed E-state index contributed by atoms with van der Waals surface area (Å²) < 4.78 is 37.8. The molecule has 19 heavy (non-hydrogen) atoms. The minimum Gasteiger partial charge on any atom is -0.319 e. The molecule has 4 nitrogen and oxygen atoms in total. The number of carbonyl (C=O) groups excluding carboxylic acids is 1. The van der Waals surface area contributed by atoms with Crippen LogP contribution >= 0.6 is 11.6 Å². The molecular formula is C11H7ClF3N3O. The first-order chi connectivity index (χ1) is 8.89. The Hall–Kier alpha value is -2.02. The van der Waals surface area contributed by atoms with Crippen LogP contribution in [0.4, 0.5) is 18.9 Å². The van der Waals surface area contributed by atoms with Gasteiger partial charge in [0.05, 0.1) is 6.20 Å². The lowest BCUT2D eigenvalue weighted by Gasteiger charge is -2.12. The Labute approximate surface area is 110 Å². The second kappa shape index (κ2) is 4.93. The van der Waals surface area contributed by atoms with E-state index in [1.54, 1.807) is 30.3 Å². The summed E-state index contributed by atoms with van der Waals surface area (Å²) >= 11 is 5.38. The number of hydrogen-bond donors (Lipinski definition) is 1. The average molecular weight is 290 g/mol. The molecule has 8 heteroatoms. The lowest BCUT2D eigenvalue weighted by molar-refractivity contribution is -0.204. The van der Waals surface area contributed by atoms with Gasteiger partial charge in [-0.05, 0) is 12.1 Å². The number of hydrogen-bond acceptors (Lipinski definition) is 2. The molecule has 0 aliphatic rings. The van der Waals surface area contributed by atoms with Gasteiger partial charge in [-0.1, -0.05) is 29.8 Å². The van der Waals surface area contributed by atoms with E-state index in [-0.39, 0.29) is 4.57 Å². The van der Waals surface area contributed by atoms with Crippen molar-refractivity contribution in [2.24, 2.45) is 0 Å². The lowest BCUT2D eigenvalue weighted by Crippen LogP contribution is -2.25. The molecule has 0 atom stereocenters. The Morgan fingerprint density at radius 1 is 1.26 bits per heavy atom. The quantitative estimate of drug-likeness (QED) is 0.922. The van der Waals surface area contributed by atoms with Gasteiger partial charge in [-0.15, -0.1) is 13.2 Å². The Bertz CT molecular complexity index is 595. The van der Waals surface area contributed by atoms with Crippen molar-refractivity contribution in [3.05, 3.63) is 47.5 Å². The predicted molar refractivity (Wildman–Crippen MR) is 62.9 cm³/mol. The standard InChI is InChI=1S/C11H7ClF3N3O/c12-8-6-16-9(18(8)11(13,14)15)10(19)17-7-4-2-1-3-5-7/h1-6H,(H,17,19). The van der Waals surface area contributed by atoms with Gasteiger partial charge in [-0.25, -0.2) is 9.55 Å². The Kier molecular flexibility index (Phi) is 3.48. The fourth-order valence-electron chi connectivity index (χ4n) is 1.44. The third kappa shape index (κ3) is 2.87. The second-order valence-electron chi connectivity index (χ2n) is 3.53. The van der Waals surface area contributed by atoms with Crippen molar-refractivity contribution in [2.75, 3.05) is 5.32 Å². The van der Waals surface area contributed by atoms with Gasteiger partial charge in [-0.2, -0.15) is 0 Å². The van der Waals surface area contributed by atoms with Crippen LogP contribution in [0.15, 0.2) is 36.5 Å². The lowest BCUT2D eigenvalue weighted by atomic mass is 10.3. The number of anilines is 1. The Balaban J connectivity index is 2.31. The van der Waals surface area contributed by atoms with E-state index in [0.717, 1.165) is 6.20 Å². The normalized spacial score (nSPS) is 11.4. The molecule has 2 aromatic rings. The van der Waals surface area contributed by atoms with Gasteiger partial charge in [0.1, 0.15) is 5.15 Å². The predicted octanol–water partition coefficient (Wildman–Crippen LogP) is 3.27. The molecule has 0 saturated heterocycles. The fraction of sp³-hybridized carbons (Fsp3) is 0.0909. The minimum atomic E-state index is -4.81. The van der Waals surface area contributed by atoms with E-state index >= 15 is 0 Å². The van der Waals surface area contributed by atoms with Gasteiger partial charge in [0.15, 0.2) is 0 Å². The largest absolute Gasteiger partial charge is 0.491 e. The molecule has 0 fully saturated rings. The first-order valence-corrected chi connectivity index (χ1v) is 5.44. The number of rotatable bonds is 2. The minimum absolute atomic E-state index is 0.285. The van der Waals surface area contributed by atoms with Gasteiger partial charge in [0.25, 0.3) is 5.91 Å². The van der Waals surface area contributed by atoms with Crippen molar-refractivity contribution >= 4 is 23.2 Å². The van der Waals surface area contributed by atoms with Crippen LogP contribution in [0.25, 0.3) is 0 Å². The van der Waals surface area contributed by atoms with Crippen molar-refractivity contribution in [1.29, 1.82) is 0 Å². The summed E-state index contributed by atoms with van der Waals surface area (Å²) in [4.78, 5) is 15.1. The average Bonchev–Trinajstić information content (AvgIpc) is 2.72. The Morgan fingerprint density at radius 3 is 2.47 bits per heavy atom. The molecule has 0 unspecified atom stereocenters. The molecule has 1 amide bonds. The second-order valence-corrected chi connectivity index (χ2v) is 3.92. The van der Waals surface area contributed by atoms with Crippen LogP contribution < -0.4 is 5.32 Å². The topological polar surface area (TPSA) is 46.9 Å². The summed E-state index contributed by atoms with van der Waals surface area (Å²) in [5, 5.41) is 1.63. The van der Waals surface area contributed by atoms with Crippen LogP contribution in [0.2, 0.25) is 5.15 Å². The molecular weight excluding hydrogens is 283 g/mol. The zero-order chi connectivity index (χ0) is 14.0. The van der Waals surface area contributed by atoms with Crippen LogP contribution in [0.1, 0.15) is 10.6 Å². The van der Waals surface area contributed by atoms with E-state index < -0.39 is 23.2 Å². The highest BCUT2D eigenvalue weighted by Crippen LogP contribution is 2.29. The molecule has 1 heterocycles. The molecule has 0 saturated carbocycles. The van der Waals surface area contributed by atoms with Crippen molar-refractivity contribution in [2.45, 2.75) is 6.30 Å². The van der Waals surface area contributed by atoms with Crippen molar-refractivity contribution in [1.82, 2.24) is 9.55 Å². The molecule has 0 radical (unpaired) electrons. The molecule has 1 aromatic heterocycles. The van der Waals surface area contributed by atoms with E-state index in [1.165, 1.54) is 0 Å². The summed E-state index contributed by atoms with van der Waals surface area (Å²) in [7, 11) is 0. The van der Waals surface area contributed by atoms with Gasteiger partial charge < -0.3 is 5.32 Å². The van der Waals surface area contributed by atoms with E-state index in [0.29, 0.717) is 5.69 Å². The first-order valence-electron chi connectivity index (χ1n) is 5.06. The highest BCUT2D eigenvalue weighted by Gasteiger charge is 2.37. The molecule has 0 aliphatic carbocycles. The van der Waals surface area contributed by atoms with Crippen LogP contribution in [-0.2, 0) is 6.30 Å². The highest BCUT2D eigenvalue weighted by atomic mass is 35.5. The number of nitrogens with one attached hydrogen (secondary N) is 1. The number of alkyl halides is 3. The van der Waals surface area contributed by atoms with Gasteiger partial charge in [0, 0.05) is 5.69 Å². The first kappa shape index (κ1) is 13.4. The highest BCUT2D eigenvalue weighted by molar-refractivity contribution is 6.29. The molecule has 1 aromatic carbocycles. The summed E-state index contributed by atoms with van der Waals surface area (Å²) in [5.74, 6) is -1.81. The maximum absolute atomic E-state index is 12.7. The summed E-state index contributed by atoms with van der Waals surface area (Å²) in [6.45, 7) is 0. The molecule has 100 valence electrons.